The maximum atomic E-state index is 2.45. The van der Waals surface area contributed by atoms with E-state index in [0.29, 0.717) is 5.41 Å². The molecule has 2 aliphatic rings. The van der Waals surface area contributed by atoms with Gasteiger partial charge in [0.25, 0.3) is 0 Å². The van der Waals surface area contributed by atoms with E-state index in [9.17, 15) is 0 Å². The topological polar surface area (TPSA) is 0 Å². The predicted molar refractivity (Wildman–Crippen MR) is 71.3 cm³/mol. The van der Waals surface area contributed by atoms with Crippen LogP contribution in [0, 0.1) is 11.3 Å². The van der Waals surface area contributed by atoms with E-state index < -0.39 is 0 Å². The highest BCUT2D eigenvalue weighted by atomic mass is 14.4. The molecule has 0 aromatic heterocycles. The van der Waals surface area contributed by atoms with Crippen LogP contribution in [0.4, 0.5) is 0 Å². The Morgan fingerprint density at radius 2 is 2.00 bits per heavy atom. The fourth-order valence-electron chi connectivity index (χ4n) is 2.99. The summed E-state index contributed by atoms with van der Waals surface area (Å²) < 4.78 is 0. The van der Waals surface area contributed by atoms with E-state index in [-0.39, 0.29) is 0 Å². The molecule has 88 valence electrons. The van der Waals surface area contributed by atoms with Gasteiger partial charge in [-0.2, -0.15) is 0 Å². The quantitative estimate of drug-likeness (QED) is 0.607. The van der Waals surface area contributed by atoms with Crippen molar-refractivity contribution >= 4 is 0 Å². The molecule has 2 rings (SSSR count). The zero-order chi connectivity index (χ0) is 11.4. The van der Waals surface area contributed by atoms with Gasteiger partial charge in [0.05, 0.1) is 0 Å². The highest BCUT2D eigenvalue weighted by Gasteiger charge is 2.32. The van der Waals surface area contributed by atoms with Crippen molar-refractivity contribution < 1.29 is 0 Å². The molecule has 0 nitrogen and oxygen atoms in total. The van der Waals surface area contributed by atoms with Gasteiger partial charge in [0.2, 0.25) is 0 Å². The van der Waals surface area contributed by atoms with Crippen LogP contribution in [0.2, 0.25) is 0 Å². The van der Waals surface area contributed by atoms with E-state index >= 15 is 0 Å². The van der Waals surface area contributed by atoms with E-state index in [1.807, 2.05) is 0 Å². The first-order chi connectivity index (χ1) is 7.74. The molecule has 0 aromatic rings. The third kappa shape index (κ3) is 2.48. The van der Waals surface area contributed by atoms with Gasteiger partial charge in [-0.05, 0) is 49.0 Å². The summed E-state index contributed by atoms with van der Waals surface area (Å²) in [5.41, 5.74) is 1.99. The molecule has 2 aliphatic carbocycles. The summed E-state index contributed by atoms with van der Waals surface area (Å²) in [6, 6.07) is 0. The molecule has 0 radical (unpaired) electrons. The molecule has 0 spiro atoms. The minimum absolute atomic E-state index is 0.441. The van der Waals surface area contributed by atoms with Crippen LogP contribution in [0.3, 0.4) is 0 Å². The van der Waals surface area contributed by atoms with Gasteiger partial charge in [-0.3, -0.25) is 0 Å². The minimum Gasteiger partial charge on any atom is -0.0807 e. The van der Waals surface area contributed by atoms with Gasteiger partial charge in [-0.15, -0.1) is 0 Å². The SMILES string of the molecule is CCC1CCC(C)(C2=CC=CCC=C2)CC1. The second-order valence-electron chi connectivity index (χ2n) is 5.60. The number of hydrogen-bond acceptors (Lipinski definition) is 0. The summed E-state index contributed by atoms with van der Waals surface area (Å²) in [7, 11) is 0. The molecule has 0 aliphatic heterocycles. The Labute approximate surface area is 100 Å². The summed E-state index contributed by atoms with van der Waals surface area (Å²) in [5.74, 6) is 0.985. The van der Waals surface area contributed by atoms with Crippen molar-refractivity contribution in [1.82, 2.24) is 0 Å². The molecule has 1 saturated carbocycles. The van der Waals surface area contributed by atoms with Crippen LogP contribution in [-0.2, 0) is 0 Å². The summed E-state index contributed by atoms with van der Waals surface area (Å²) in [5, 5.41) is 0. The van der Waals surface area contributed by atoms with Gasteiger partial charge < -0.3 is 0 Å². The average Bonchev–Trinajstić information content (AvgIpc) is 2.59. The number of allylic oxidation sites excluding steroid dienone is 6. The molecule has 0 atom stereocenters. The Morgan fingerprint density at radius 1 is 1.25 bits per heavy atom. The van der Waals surface area contributed by atoms with Gasteiger partial charge in [0.1, 0.15) is 0 Å². The average molecular weight is 216 g/mol. The molecule has 0 heteroatoms. The van der Waals surface area contributed by atoms with E-state index in [1.165, 1.54) is 32.1 Å². The summed E-state index contributed by atoms with van der Waals surface area (Å²) >= 11 is 0. The molecule has 0 saturated heterocycles. The Morgan fingerprint density at radius 3 is 2.69 bits per heavy atom. The summed E-state index contributed by atoms with van der Waals surface area (Å²) in [6.07, 6.45) is 19.5. The highest BCUT2D eigenvalue weighted by molar-refractivity contribution is 5.33. The van der Waals surface area contributed by atoms with Crippen molar-refractivity contribution in [2.45, 2.75) is 52.4 Å². The summed E-state index contributed by atoms with van der Waals surface area (Å²) in [6.45, 7) is 4.79. The molecule has 16 heavy (non-hydrogen) atoms. The van der Waals surface area contributed by atoms with Crippen LogP contribution in [-0.4, -0.2) is 0 Å². The van der Waals surface area contributed by atoms with Crippen molar-refractivity contribution in [1.29, 1.82) is 0 Å². The van der Waals surface area contributed by atoms with Gasteiger partial charge in [-0.1, -0.05) is 50.6 Å². The molecular weight excluding hydrogens is 192 g/mol. The smallest absolute Gasteiger partial charge is 0.00752 e. The van der Waals surface area contributed by atoms with Crippen LogP contribution < -0.4 is 0 Å². The molecule has 1 fully saturated rings. The first-order valence-electron chi connectivity index (χ1n) is 6.78. The van der Waals surface area contributed by atoms with Crippen LogP contribution in [0.1, 0.15) is 52.4 Å². The lowest BCUT2D eigenvalue weighted by molar-refractivity contribution is 0.209. The number of hydrogen-bond donors (Lipinski definition) is 0. The molecular formula is C16H24. The largest absolute Gasteiger partial charge is 0.0807 e. The van der Waals surface area contributed by atoms with E-state index in [0.717, 1.165) is 12.3 Å². The highest BCUT2D eigenvalue weighted by Crippen LogP contribution is 2.45. The Bertz CT molecular complexity index is 309. The standard InChI is InChI=1S/C16H24/c1-3-14-10-12-16(2,13-11-14)15-8-6-4-5-7-9-15/h4,6-9,14H,3,5,10-13H2,1-2H3. The van der Waals surface area contributed by atoms with Crippen molar-refractivity contribution in [2.24, 2.45) is 11.3 Å². The molecule has 0 aromatic carbocycles. The van der Waals surface area contributed by atoms with E-state index in [1.54, 1.807) is 5.57 Å². The van der Waals surface area contributed by atoms with Crippen LogP contribution in [0.25, 0.3) is 0 Å². The van der Waals surface area contributed by atoms with Gasteiger partial charge in [0.15, 0.2) is 0 Å². The van der Waals surface area contributed by atoms with E-state index in [4.69, 9.17) is 0 Å². The fourth-order valence-corrected chi connectivity index (χ4v) is 2.99. The second kappa shape index (κ2) is 5.03. The van der Waals surface area contributed by atoms with Gasteiger partial charge in [0, 0.05) is 0 Å². The molecule has 0 heterocycles. The van der Waals surface area contributed by atoms with Crippen LogP contribution in [0.15, 0.2) is 36.0 Å². The van der Waals surface area contributed by atoms with Crippen molar-refractivity contribution in [2.75, 3.05) is 0 Å². The zero-order valence-electron chi connectivity index (χ0n) is 10.7. The van der Waals surface area contributed by atoms with E-state index in [2.05, 4.69) is 44.2 Å². The lowest BCUT2D eigenvalue weighted by Crippen LogP contribution is -2.25. The van der Waals surface area contributed by atoms with Crippen molar-refractivity contribution in [3.63, 3.8) is 0 Å². The summed E-state index contributed by atoms with van der Waals surface area (Å²) in [4.78, 5) is 0. The normalized spacial score (nSPS) is 34.6. The van der Waals surface area contributed by atoms with Crippen LogP contribution in [0.5, 0.6) is 0 Å². The second-order valence-corrected chi connectivity index (χ2v) is 5.60. The first-order valence-corrected chi connectivity index (χ1v) is 6.78. The third-order valence-corrected chi connectivity index (χ3v) is 4.46. The van der Waals surface area contributed by atoms with Gasteiger partial charge in [-0.25, -0.2) is 0 Å². The third-order valence-electron chi connectivity index (χ3n) is 4.46. The predicted octanol–water partition coefficient (Wildman–Crippen LogP) is 5.04. The van der Waals surface area contributed by atoms with Gasteiger partial charge >= 0.3 is 0 Å². The molecule has 0 N–H and O–H groups in total. The molecule has 0 amide bonds. The monoisotopic (exact) mass is 216 g/mol. The Hall–Kier alpha value is -0.780. The van der Waals surface area contributed by atoms with Crippen LogP contribution >= 0.6 is 0 Å². The lowest BCUT2D eigenvalue weighted by atomic mass is 9.67. The maximum Gasteiger partial charge on any atom is -0.00752 e. The van der Waals surface area contributed by atoms with Crippen molar-refractivity contribution in [3.05, 3.63) is 36.0 Å². The minimum atomic E-state index is 0.441. The fraction of sp³-hybridized carbons (Fsp3) is 0.625. The van der Waals surface area contributed by atoms with Crippen molar-refractivity contribution in [3.8, 4) is 0 Å². The zero-order valence-corrected chi connectivity index (χ0v) is 10.7. The lowest BCUT2D eigenvalue weighted by Gasteiger charge is -2.38. The Balaban J connectivity index is 2.08. The maximum absolute atomic E-state index is 2.45. The first kappa shape index (κ1) is 11.7. The molecule has 0 unspecified atom stereocenters. The number of rotatable bonds is 2. The Kier molecular flexibility index (Phi) is 3.68. The molecule has 0 bridgehead atoms.